The molecule has 0 amide bonds. The highest BCUT2D eigenvalue weighted by atomic mass is 15.0. The molecule has 2 heteroatoms. The molecule has 0 heterocycles. The Morgan fingerprint density at radius 1 is 1.00 bits per heavy atom. The maximum Gasteiger partial charge on any atom is 0.125 e. The maximum absolute atomic E-state index is 4.50. The lowest BCUT2D eigenvalue weighted by atomic mass is 9.97. The minimum absolute atomic E-state index is 0. The van der Waals surface area contributed by atoms with Crippen LogP contribution < -0.4 is 5.32 Å². The lowest BCUT2D eigenvalue weighted by molar-refractivity contribution is 0.629. The SMILES string of the molecule is C/C=N/C(NC)c1ccccc1-c1ccc(CC)cc1.CC.CC.[HH]. The smallest absolute Gasteiger partial charge is 0.125 e. The Balaban J connectivity index is 0. The summed E-state index contributed by atoms with van der Waals surface area (Å²) in [6, 6.07) is 17.2. The number of nitrogens with zero attached hydrogens (tertiary/aromatic N) is 1. The molecule has 0 spiro atoms. The maximum atomic E-state index is 4.50. The second-order valence-corrected chi connectivity index (χ2v) is 4.74. The third-order valence-corrected chi connectivity index (χ3v) is 3.50. The zero-order valence-corrected chi connectivity index (χ0v) is 16.4. The zero-order valence-electron chi connectivity index (χ0n) is 16.4. The lowest BCUT2D eigenvalue weighted by Crippen LogP contribution is -2.15. The van der Waals surface area contributed by atoms with E-state index in [4.69, 9.17) is 0 Å². The van der Waals surface area contributed by atoms with Crippen molar-refractivity contribution in [2.75, 3.05) is 7.05 Å². The van der Waals surface area contributed by atoms with Crippen LogP contribution in [0, 0.1) is 0 Å². The van der Waals surface area contributed by atoms with E-state index in [9.17, 15) is 0 Å². The molecule has 1 N–H and O–H groups in total. The molecule has 0 aliphatic rings. The molecule has 1 atom stereocenters. The fourth-order valence-corrected chi connectivity index (χ4v) is 2.38. The van der Waals surface area contributed by atoms with Crippen LogP contribution in [-0.4, -0.2) is 13.3 Å². The van der Waals surface area contributed by atoms with Crippen molar-refractivity contribution < 1.29 is 1.43 Å². The van der Waals surface area contributed by atoms with Crippen LogP contribution in [0.5, 0.6) is 0 Å². The number of nitrogens with one attached hydrogen (secondary N) is 1. The van der Waals surface area contributed by atoms with Gasteiger partial charge in [0, 0.05) is 1.43 Å². The van der Waals surface area contributed by atoms with E-state index in [1.54, 1.807) is 0 Å². The number of aryl methyl sites for hydroxylation is 1. The van der Waals surface area contributed by atoms with Gasteiger partial charge >= 0.3 is 0 Å². The topological polar surface area (TPSA) is 24.4 Å². The Kier molecular flexibility index (Phi) is 12.4. The standard InChI is InChI=1S/C18H22N2.2C2H6.H2/c1-4-14-10-12-15(13-11-14)16-8-6-7-9-17(16)18(19-3)20-5-2;2*1-2;/h5-13,18-19H,4H2,1-3H3;2*1-2H3;1H/b20-5+;;;. The number of aliphatic imine (C=N–C) groups is 1. The monoisotopic (exact) mass is 328 g/mol. The first-order valence-corrected chi connectivity index (χ1v) is 9.13. The summed E-state index contributed by atoms with van der Waals surface area (Å²) in [5.41, 5.74) is 5.05. The molecule has 0 aliphatic carbocycles. The Morgan fingerprint density at radius 3 is 2.08 bits per heavy atom. The van der Waals surface area contributed by atoms with Crippen molar-refractivity contribution in [3.8, 4) is 11.1 Å². The van der Waals surface area contributed by atoms with Crippen molar-refractivity contribution in [2.24, 2.45) is 4.99 Å². The van der Waals surface area contributed by atoms with Gasteiger partial charge in [0.05, 0.1) is 0 Å². The van der Waals surface area contributed by atoms with Gasteiger partial charge in [0.15, 0.2) is 0 Å². The van der Waals surface area contributed by atoms with Crippen molar-refractivity contribution >= 4 is 6.21 Å². The van der Waals surface area contributed by atoms with Gasteiger partial charge in [-0.1, -0.05) is 83.1 Å². The lowest BCUT2D eigenvalue weighted by Gasteiger charge is -2.16. The first-order chi connectivity index (χ1) is 11.8. The van der Waals surface area contributed by atoms with Gasteiger partial charge in [0.1, 0.15) is 6.17 Å². The predicted octanol–water partition coefficient (Wildman–Crippen LogP) is 6.52. The van der Waals surface area contributed by atoms with E-state index in [0.717, 1.165) is 6.42 Å². The van der Waals surface area contributed by atoms with Gasteiger partial charge in [0.25, 0.3) is 0 Å². The summed E-state index contributed by atoms with van der Waals surface area (Å²) >= 11 is 0. The summed E-state index contributed by atoms with van der Waals surface area (Å²) in [7, 11) is 1.94. The molecule has 24 heavy (non-hydrogen) atoms. The molecule has 0 fully saturated rings. The number of rotatable bonds is 5. The van der Waals surface area contributed by atoms with Gasteiger partial charge in [-0.15, -0.1) is 0 Å². The molecule has 2 nitrogen and oxygen atoms in total. The Morgan fingerprint density at radius 2 is 1.58 bits per heavy atom. The van der Waals surface area contributed by atoms with E-state index >= 15 is 0 Å². The van der Waals surface area contributed by atoms with E-state index in [-0.39, 0.29) is 7.59 Å². The van der Waals surface area contributed by atoms with E-state index < -0.39 is 0 Å². The van der Waals surface area contributed by atoms with E-state index in [0.29, 0.717) is 0 Å². The van der Waals surface area contributed by atoms with E-state index in [1.165, 1.54) is 22.3 Å². The van der Waals surface area contributed by atoms with Crippen LogP contribution in [0.25, 0.3) is 11.1 Å². The first kappa shape index (κ1) is 22.1. The number of hydrogen-bond acceptors (Lipinski definition) is 2. The second kappa shape index (κ2) is 13.5. The van der Waals surface area contributed by atoms with Gasteiger partial charge < -0.3 is 0 Å². The van der Waals surface area contributed by atoms with Crippen LogP contribution in [-0.2, 0) is 6.42 Å². The summed E-state index contributed by atoms with van der Waals surface area (Å²) in [5, 5.41) is 3.25. The minimum Gasteiger partial charge on any atom is -0.295 e. The third-order valence-electron chi connectivity index (χ3n) is 3.50. The molecule has 1 unspecified atom stereocenters. The summed E-state index contributed by atoms with van der Waals surface area (Å²) in [4.78, 5) is 4.50. The highest BCUT2D eigenvalue weighted by Gasteiger charge is 2.12. The first-order valence-electron chi connectivity index (χ1n) is 9.13. The Bertz CT molecular complexity index is 577. The summed E-state index contributed by atoms with van der Waals surface area (Å²) in [6.45, 7) is 12.1. The van der Waals surface area contributed by atoms with Gasteiger partial charge in [-0.25, -0.2) is 0 Å². The van der Waals surface area contributed by atoms with Crippen LogP contribution in [0.2, 0.25) is 0 Å². The van der Waals surface area contributed by atoms with Gasteiger partial charge in [-0.2, -0.15) is 0 Å². The van der Waals surface area contributed by atoms with Crippen molar-refractivity contribution in [2.45, 2.75) is 54.1 Å². The van der Waals surface area contributed by atoms with E-state index in [1.807, 2.05) is 47.9 Å². The molecule has 2 aromatic carbocycles. The summed E-state index contributed by atoms with van der Waals surface area (Å²) < 4.78 is 0. The minimum atomic E-state index is 0. The molecule has 0 aromatic heterocycles. The van der Waals surface area contributed by atoms with Crippen LogP contribution in [0.1, 0.15) is 60.3 Å². The second-order valence-electron chi connectivity index (χ2n) is 4.74. The van der Waals surface area contributed by atoms with Crippen LogP contribution in [0.4, 0.5) is 0 Å². The molecule has 134 valence electrons. The van der Waals surface area contributed by atoms with Crippen LogP contribution in [0.15, 0.2) is 53.5 Å². The Labute approximate surface area is 150 Å². The zero-order chi connectivity index (χ0) is 18.4. The average Bonchev–Trinajstić information content (AvgIpc) is 2.69. The normalized spacial score (nSPS) is 11.1. The molecular weight excluding hydrogens is 292 g/mol. The average molecular weight is 329 g/mol. The van der Waals surface area contributed by atoms with Crippen LogP contribution in [0.3, 0.4) is 0 Å². The number of hydrogen-bond donors (Lipinski definition) is 1. The summed E-state index contributed by atoms with van der Waals surface area (Å²) in [6.07, 6.45) is 2.92. The fraction of sp³-hybridized carbons (Fsp3) is 0.409. The van der Waals surface area contributed by atoms with Crippen molar-refractivity contribution in [1.29, 1.82) is 0 Å². The predicted molar refractivity (Wildman–Crippen MR) is 112 cm³/mol. The van der Waals surface area contributed by atoms with E-state index in [2.05, 4.69) is 65.8 Å². The molecule has 2 aromatic rings. The molecule has 0 bridgehead atoms. The molecule has 0 aliphatic heterocycles. The quantitative estimate of drug-likeness (QED) is 0.620. The Hall–Kier alpha value is -1.93. The number of benzene rings is 2. The highest BCUT2D eigenvalue weighted by molar-refractivity contribution is 5.68. The third kappa shape index (κ3) is 6.29. The largest absolute Gasteiger partial charge is 0.295 e. The van der Waals surface area contributed by atoms with Crippen molar-refractivity contribution in [3.63, 3.8) is 0 Å². The molecular formula is C22H36N2. The van der Waals surface area contributed by atoms with Crippen molar-refractivity contribution in [3.05, 3.63) is 59.7 Å². The molecule has 0 saturated carbocycles. The van der Waals surface area contributed by atoms with Gasteiger partial charge in [-0.05, 0) is 48.9 Å². The summed E-state index contributed by atoms with van der Waals surface area (Å²) in [5.74, 6) is 0. The van der Waals surface area contributed by atoms with Gasteiger partial charge in [0.2, 0.25) is 0 Å². The molecule has 2 rings (SSSR count). The molecule has 0 saturated heterocycles. The van der Waals surface area contributed by atoms with Crippen LogP contribution >= 0.6 is 0 Å². The molecule has 0 radical (unpaired) electrons. The van der Waals surface area contributed by atoms with Gasteiger partial charge in [-0.3, -0.25) is 10.3 Å². The van der Waals surface area contributed by atoms with Crippen molar-refractivity contribution in [1.82, 2.24) is 5.32 Å². The fourth-order valence-electron chi connectivity index (χ4n) is 2.38. The highest BCUT2D eigenvalue weighted by Crippen LogP contribution is 2.29.